The Hall–Kier alpha value is -2.23. The van der Waals surface area contributed by atoms with E-state index in [1.807, 2.05) is 37.4 Å². The molecule has 0 saturated carbocycles. The van der Waals surface area contributed by atoms with E-state index < -0.39 is 0 Å². The van der Waals surface area contributed by atoms with Crippen molar-refractivity contribution in [2.75, 3.05) is 11.1 Å². The number of hydrogen-bond acceptors (Lipinski definition) is 3. The van der Waals surface area contributed by atoms with Gasteiger partial charge >= 0.3 is 0 Å². The molecule has 1 heterocycles. The van der Waals surface area contributed by atoms with Gasteiger partial charge in [-0.1, -0.05) is 18.2 Å². The number of nitrogens with one attached hydrogen (secondary N) is 1. The second-order valence-corrected chi connectivity index (χ2v) is 4.09. The average molecular weight is 243 g/mol. The molecule has 0 atom stereocenters. The predicted molar refractivity (Wildman–Crippen MR) is 74.6 cm³/mol. The number of benzene rings is 1. The van der Waals surface area contributed by atoms with Crippen molar-refractivity contribution in [2.45, 2.75) is 20.0 Å². The van der Waals surface area contributed by atoms with Crippen LogP contribution in [0.5, 0.6) is 0 Å². The van der Waals surface area contributed by atoms with Crippen LogP contribution in [0.3, 0.4) is 0 Å². The predicted octanol–water partition coefficient (Wildman–Crippen LogP) is 2.06. The maximum Gasteiger partial charge on any atom is 0.250 e. The van der Waals surface area contributed by atoms with Gasteiger partial charge in [0.05, 0.1) is 5.69 Å². The molecule has 2 rings (SSSR count). The first-order chi connectivity index (χ1) is 8.70. The zero-order valence-corrected chi connectivity index (χ0v) is 10.4. The Morgan fingerprint density at radius 3 is 2.72 bits per heavy atom. The average Bonchev–Trinajstić information content (AvgIpc) is 2.39. The number of nitrogens with two attached hydrogens (primary N) is 1. The lowest BCUT2D eigenvalue weighted by atomic mass is 10.2. The summed E-state index contributed by atoms with van der Waals surface area (Å²) < 4.78 is 1.66. The zero-order chi connectivity index (χ0) is 13.0. The number of pyridine rings is 1. The summed E-state index contributed by atoms with van der Waals surface area (Å²) >= 11 is 0. The third kappa shape index (κ3) is 2.71. The third-order valence-corrected chi connectivity index (χ3v) is 2.86. The van der Waals surface area contributed by atoms with Crippen molar-refractivity contribution in [2.24, 2.45) is 0 Å². The molecule has 1 aromatic heterocycles. The monoisotopic (exact) mass is 243 g/mol. The third-order valence-electron chi connectivity index (χ3n) is 2.86. The van der Waals surface area contributed by atoms with Gasteiger partial charge in [-0.2, -0.15) is 0 Å². The van der Waals surface area contributed by atoms with Crippen molar-refractivity contribution in [3.63, 3.8) is 0 Å². The summed E-state index contributed by atoms with van der Waals surface area (Å²) in [6.07, 6.45) is 1.82. The Labute approximate surface area is 106 Å². The van der Waals surface area contributed by atoms with Crippen molar-refractivity contribution in [1.82, 2.24) is 4.57 Å². The van der Waals surface area contributed by atoms with Gasteiger partial charge in [-0.15, -0.1) is 0 Å². The molecule has 1 aromatic carbocycles. The Bertz CT molecular complexity index is 590. The minimum Gasteiger partial charge on any atom is -0.398 e. The molecule has 0 unspecified atom stereocenters. The number of hydrogen-bond donors (Lipinski definition) is 2. The van der Waals surface area contributed by atoms with E-state index in [2.05, 4.69) is 5.32 Å². The van der Waals surface area contributed by atoms with Crippen molar-refractivity contribution >= 4 is 11.4 Å². The lowest BCUT2D eigenvalue weighted by Gasteiger charge is -2.10. The Morgan fingerprint density at radius 2 is 2.00 bits per heavy atom. The van der Waals surface area contributed by atoms with Gasteiger partial charge in [0.15, 0.2) is 0 Å². The van der Waals surface area contributed by atoms with Gasteiger partial charge in [-0.3, -0.25) is 4.79 Å². The summed E-state index contributed by atoms with van der Waals surface area (Å²) in [5.74, 6) is 0. The van der Waals surface area contributed by atoms with Gasteiger partial charge < -0.3 is 15.6 Å². The molecule has 4 nitrogen and oxygen atoms in total. The highest BCUT2D eigenvalue weighted by Gasteiger charge is 1.99. The smallest absolute Gasteiger partial charge is 0.250 e. The maximum absolute atomic E-state index is 11.4. The van der Waals surface area contributed by atoms with Gasteiger partial charge in [0, 0.05) is 31.0 Å². The highest BCUT2D eigenvalue weighted by molar-refractivity contribution is 5.49. The molecule has 0 aliphatic rings. The van der Waals surface area contributed by atoms with Crippen LogP contribution >= 0.6 is 0 Å². The Balaban J connectivity index is 2.11. The summed E-state index contributed by atoms with van der Waals surface area (Å²) in [6.45, 7) is 3.26. The number of aryl methyl sites for hydroxylation is 1. The van der Waals surface area contributed by atoms with Crippen LogP contribution in [0.2, 0.25) is 0 Å². The van der Waals surface area contributed by atoms with Gasteiger partial charge in [0.2, 0.25) is 0 Å². The quantitative estimate of drug-likeness (QED) is 0.808. The molecule has 3 N–H and O–H groups in total. The normalized spacial score (nSPS) is 10.3. The van der Waals surface area contributed by atoms with E-state index in [1.54, 1.807) is 16.7 Å². The molecule has 18 heavy (non-hydrogen) atoms. The highest BCUT2D eigenvalue weighted by Crippen LogP contribution is 2.13. The molecular weight excluding hydrogens is 226 g/mol. The first-order valence-electron chi connectivity index (χ1n) is 5.98. The Morgan fingerprint density at radius 1 is 1.22 bits per heavy atom. The van der Waals surface area contributed by atoms with Crippen LogP contribution in [-0.2, 0) is 13.1 Å². The second kappa shape index (κ2) is 5.40. The van der Waals surface area contributed by atoms with Crippen molar-refractivity contribution in [3.05, 3.63) is 58.5 Å². The van der Waals surface area contributed by atoms with E-state index in [4.69, 9.17) is 5.73 Å². The number of para-hydroxylation sites is 1. The molecule has 0 spiro atoms. The summed E-state index contributed by atoms with van der Waals surface area (Å²) in [4.78, 5) is 11.4. The van der Waals surface area contributed by atoms with E-state index in [0.29, 0.717) is 13.1 Å². The molecule has 0 radical (unpaired) electrons. The molecule has 4 heteroatoms. The van der Waals surface area contributed by atoms with Gasteiger partial charge in [-0.25, -0.2) is 0 Å². The molecular formula is C14H17N3O. The first-order valence-corrected chi connectivity index (χ1v) is 5.98. The van der Waals surface area contributed by atoms with Crippen molar-refractivity contribution < 1.29 is 0 Å². The molecule has 0 bridgehead atoms. The van der Waals surface area contributed by atoms with Crippen LogP contribution in [0.4, 0.5) is 11.4 Å². The number of aromatic nitrogens is 1. The SMILES string of the molecule is CCn1cc(NCc2ccccc2N)ccc1=O. The van der Waals surface area contributed by atoms with E-state index in [9.17, 15) is 4.79 Å². The van der Waals surface area contributed by atoms with Gasteiger partial charge in [0.25, 0.3) is 5.56 Å². The minimum absolute atomic E-state index is 0.0160. The first kappa shape index (κ1) is 12.2. The molecule has 2 aromatic rings. The summed E-state index contributed by atoms with van der Waals surface area (Å²) in [7, 11) is 0. The number of nitrogens with zero attached hydrogens (tertiary/aromatic N) is 1. The van der Waals surface area contributed by atoms with Gasteiger partial charge in [-0.05, 0) is 24.6 Å². The lowest BCUT2D eigenvalue weighted by molar-refractivity contribution is 0.727. The van der Waals surface area contributed by atoms with Crippen LogP contribution in [0.1, 0.15) is 12.5 Å². The standard InChI is InChI=1S/C14H17N3O/c1-2-17-10-12(7-8-14(17)18)16-9-11-5-3-4-6-13(11)15/h3-8,10,16H,2,9,15H2,1H3. The molecule has 0 amide bonds. The molecule has 0 saturated heterocycles. The fraction of sp³-hybridized carbons (Fsp3) is 0.214. The summed E-state index contributed by atoms with van der Waals surface area (Å²) in [5, 5.41) is 3.26. The van der Waals surface area contributed by atoms with Crippen LogP contribution in [-0.4, -0.2) is 4.57 Å². The number of rotatable bonds is 4. The topological polar surface area (TPSA) is 60.1 Å². The van der Waals surface area contributed by atoms with E-state index >= 15 is 0 Å². The second-order valence-electron chi connectivity index (χ2n) is 4.09. The number of nitrogen functional groups attached to an aromatic ring is 1. The minimum atomic E-state index is 0.0160. The van der Waals surface area contributed by atoms with Crippen LogP contribution < -0.4 is 16.6 Å². The van der Waals surface area contributed by atoms with Crippen LogP contribution in [0.15, 0.2) is 47.4 Å². The van der Waals surface area contributed by atoms with E-state index in [1.165, 1.54) is 0 Å². The van der Waals surface area contributed by atoms with Crippen LogP contribution in [0.25, 0.3) is 0 Å². The van der Waals surface area contributed by atoms with Gasteiger partial charge in [0.1, 0.15) is 0 Å². The largest absolute Gasteiger partial charge is 0.398 e. The van der Waals surface area contributed by atoms with Crippen molar-refractivity contribution in [1.29, 1.82) is 0 Å². The van der Waals surface area contributed by atoms with E-state index in [0.717, 1.165) is 16.9 Å². The molecule has 0 fully saturated rings. The molecule has 94 valence electrons. The fourth-order valence-electron chi connectivity index (χ4n) is 1.78. The zero-order valence-electron chi connectivity index (χ0n) is 10.4. The lowest BCUT2D eigenvalue weighted by Crippen LogP contribution is -2.17. The Kier molecular flexibility index (Phi) is 3.67. The highest BCUT2D eigenvalue weighted by atomic mass is 16.1. The summed E-state index contributed by atoms with van der Waals surface area (Å²) in [5.41, 5.74) is 8.62. The number of anilines is 2. The van der Waals surface area contributed by atoms with Crippen molar-refractivity contribution in [3.8, 4) is 0 Å². The van der Waals surface area contributed by atoms with Crippen LogP contribution in [0, 0.1) is 0 Å². The summed E-state index contributed by atoms with van der Waals surface area (Å²) in [6, 6.07) is 11.1. The van der Waals surface area contributed by atoms with E-state index in [-0.39, 0.29) is 5.56 Å². The molecule has 0 aliphatic carbocycles. The molecule has 0 aliphatic heterocycles. The fourth-order valence-corrected chi connectivity index (χ4v) is 1.78. The maximum atomic E-state index is 11.4.